The predicted octanol–water partition coefficient (Wildman–Crippen LogP) is 3.88. The van der Waals surface area contributed by atoms with Crippen molar-refractivity contribution in [3.8, 4) is 5.75 Å². The van der Waals surface area contributed by atoms with Gasteiger partial charge < -0.3 is 9.84 Å². The number of unbranched alkanes of at least 4 members (excludes halogenated alkanes) is 5. The van der Waals surface area contributed by atoms with E-state index in [1.54, 1.807) is 0 Å². The number of rotatable bonds is 10. The van der Waals surface area contributed by atoms with Crippen LogP contribution in [0.2, 0.25) is 0 Å². The average Bonchev–Trinajstić information content (AvgIpc) is 2.37. The number of carbonyl (C=O) groups is 1. The number of carboxylic acids is 1. The van der Waals surface area contributed by atoms with Crippen LogP contribution in [0.5, 0.6) is 5.75 Å². The van der Waals surface area contributed by atoms with Crippen LogP contribution in [0.4, 0.5) is 0 Å². The van der Waals surface area contributed by atoms with Crippen molar-refractivity contribution in [1.82, 2.24) is 0 Å². The van der Waals surface area contributed by atoms with E-state index >= 15 is 0 Å². The van der Waals surface area contributed by atoms with Gasteiger partial charge in [0.05, 0.1) is 6.61 Å². The van der Waals surface area contributed by atoms with Crippen molar-refractivity contribution in [2.45, 2.75) is 44.9 Å². The fourth-order valence-corrected chi connectivity index (χ4v) is 1.79. The Bertz CT molecular complexity index is 322. The highest BCUT2D eigenvalue weighted by molar-refractivity contribution is 5.66. The lowest BCUT2D eigenvalue weighted by molar-refractivity contribution is -0.137. The summed E-state index contributed by atoms with van der Waals surface area (Å²) in [6.07, 6.45) is 6.63. The first kappa shape index (κ1) is 14.6. The highest BCUT2D eigenvalue weighted by atomic mass is 16.5. The summed E-state index contributed by atoms with van der Waals surface area (Å²) in [4.78, 5) is 10.3. The van der Waals surface area contributed by atoms with Gasteiger partial charge >= 0.3 is 5.97 Å². The summed E-state index contributed by atoms with van der Waals surface area (Å²) in [7, 11) is 0. The van der Waals surface area contributed by atoms with Gasteiger partial charge in [-0.05, 0) is 25.0 Å². The molecule has 0 spiro atoms. The summed E-state index contributed by atoms with van der Waals surface area (Å²) in [5.74, 6) is 0.241. The monoisotopic (exact) mass is 250 g/mol. The van der Waals surface area contributed by atoms with E-state index < -0.39 is 5.97 Å². The van der Waals surface area contributed by atoms with Crippen LogP contribution >= 0.6 is 0 Å². The van der Waals surface area contributed by atoms with Gasteiger partial charge in [-0.1, -0.05) is 43.9 Å². The summed E-state index contributed by atoms with van der Waals surface area (Å²) < 4.78 is 5.59. The van der Waals surface area contributed by atoms with Gasteiger partial charge in [-0.2, -0.15) is 0 Å². The zero-order valence-electron chi connectivity index (χ0n) is 10.8. The number of benzene rings is 1. The predicted molar refractivity (Wildman–Crippen MR) is 71.9 cm³/mol. The number of hydrogen-bond donors (Lipinski definition) is 1. The SMILES string of the molecule is O=C(O)CCCCCCCCOc1ccccc1. The minimum absolute atomic E-state index is 0.303. The van der Waals surface area contributed by atoms with Gasteiger partial charge in [-0.25, -0.2) is 0 Å². The van der Waals surface area contributed by atoms with Gasteiger partial charge in [-0.15, -0.1) is 0 Å². The molecule has 1 aromatic rings. The second-order valence-corrected chi connectivity index (χ2v) is 4.43. The molecule has 1 rings (SSSR count). The Balaban J connectivity index is 1.86. The Morgan fingerprint density at radius 3 is 2.22 bits per heavy atom. The molecule has 0 aliphatic heterocycles. The molecule has 100 valence electrons. The first-order chi connectivity index (χ1) is 8.79. The number of para-hydroxylation sites is 1. The molecule has 1 N–H and O–H groups in total. The molecular weight excluding hydrogens is 228 g/mol. The first-order valence-corrected chi connectivity index (χ1v) is 6.68. The van der Waals surface area contributed by atoms with Crippen LogP contribution in [0.3, 0.4) is 0 Å². The quantitative estimate of drug-likeness (QED) is 0.641. The second kappa shape index (κ2) is 9.51. The van der Waals surface area contributed by atoms with Crippen LogP contribution in [0.1, 0.15) is 44.9 Å². The summed E-state index contributed by atoms with van der Waals surface area (Å²) in [6, 6.07) is 9.84. The van der Waals surface area contributed by atoms with Crippen molar-refractivity contribution >= 4 is 5.97 Å². The van der Waals surface area contributed by atoms with E-state index in [4.69, 9.17) is 9.84 Å². The van der Waals surface area contributed by atoms with E-state index in [0.29, 0.717) is 6.42 Å². The molecule has 0 saturated carbocycles. The minimum atomic E-state index is -0.689. The molecule has 0 heterocycles. The van der Waals surface area contributed by atoms with Gasteiger partial charge in [0.2, 0.25) is 0 Å². The Hall–Kier alpha value is -1.51. The second-order valence-electron chi connectivity index (χ2n) is 4.43. The van der Waals surface area contributed by atoms with Crippen molar-refractivity contribution < 1.29 is 14.6 Å². The van der Waals surface area contributed by atoms with E-state index in [2.05, 4.69) is 0 Å². The molecule has 0 atom stereocenters. The molecule has 3 nitrogen and oxygen atoms in total. The maximum absolute atomic E-state index is 10.3. The molecule has 0 amide bonds. The summed E-state index contributed by atoms with van der Waals surface area (Å²) in [5, 5.41) is 8.48. The van der Waals surface area contributed by atoms with Crippen molar-refractivity contribution in [2.75, 3.05) is 6.61 Å². The Labute approximate surface area is 109 Å². The number of aliphatic carboxylic acids is 1. The van der Waals surface area contributed by atoms with E-state index in [-0.39, 0.29) is 0 Å². The van der Waals surface area contributed by atoms with E-state index in [1.807, 2.05) is 30.3 Å². The summed E-state index contributed by atoms with van der Waals surface area (Å²) in [6.45, 7) is 0.763. The molecule has 0 aromatic heterocycles. The summed E-state index contributed by atoms with van der Waals surface area (Å²) >= 11 is 0. The fraction of sp³-hybridized carbons (Fsp3) is 0.533. The number of hydrogen-bond acceptors (Lipinski definition) is 2. The molecule has 18 heavy (non-hydrogen) atoms. The van der Waals surface area contributed by atoms with Crippen molar-refractivity contribution in [3.05, 3.63) is 30.3 Å². The van der Waals surface area contributed by atoms with Gasteiger partial charge in [0.25, 0.3) is 0 Å². The van der Waals surface area contributed by atoms with Crippen molar-refractivity contribution in [3.63, 3.8) is 0 Å². The molecule has 0 bridgehead atoms. The molecule has 0 radical (unpaired) electrons. The molecule has 0 unspecified atom stereocenters. The third kappa shape index (κ3) is 7.71. The van der Waals surface area contributed by atoms with Crippen LogP contribution in [0.15, 0.2) is 30.3 Å². The van der Waals surface area contributed by atoms with Gasteiger partial charge in [-0.3, -0.25) is 4.79 Å². The summed E-state index contributed by atoms with van der Waals surface area (Å²) in [5.41, 5.74) is 0. The maximum Gasteiger partial charge on any atom is 0.303 e. The zero-order valence-corrected chi connectivity index (χ0v) is 10.8. The highest BCUT2D eigenvalue weighted by Crippen LogP contribution is 2.10. The Kier molecular flexibility index (Phi) is 7.69. The van der Waals surface area contributed by atoms with Gasteiger partial charge in [0, 0.05) is 6.42 Å². The van der Waals surface area contributed by atoms with E-state index in [1.165, 1.54) is 0 Å². The van der Waals surface area contributed by atoms with Gasteiger partial charge in [0.15, 0.2) is 0 Å². The first-order valence-electron chi connectivity index (χ1n) is 6.68. The topological polar surface area (TPSA) is 46.5 Å². The smallest absolute Gasteiger partial charge is 0.303 e. The standard InChI is InChI=1S/C15H22O3/c16-15(17)12-8-3-1-2-4-9-13-18-14-10-6-5-7-11-14/h5-7,10-11H,1-4,8-9,12-13H2,(H,16,17). The highest BCUT2D eigenvalue weighted by Gasteiger charge is 1.97. The van der Waals surface area contributed by atoms with Crippen LogP contribution in [-0.4, -0.2) is 17.7 Å². The molecular formula is C15H22O3. The normalized spacial score (nSPS) is 10.2. The van der Waals surface area contributed by atoms with E-state index in [0.717, 1.165) is 50.9 Å². The van der Waals surface area contributed by atoms with Gasteiger partial charge in [0.1, 0.15) is 5.75 Å². The molecule has 0 aliphatic rings. The number of carboxylic acid groups (broad SMARTS) is 1. The lowest BCUT2D eigenvalue weighted by Gasteiger charge is -2.05. The fourth-order valence-electron chi connectivity index (χ4n) is 1.79. The molecule has 3 heteroatoms. The van der Waals surface area contributed by atoms with Crippen molar-refractivity contribution in [1.29, 1.82) is 0 Å². The van der Waals surface area contributed by atoms with Crippen LogP contribution in [0.25, 0.3) is 0 Å². The molecule has 0 fully saturated rings. The third-order valence-corrected chi connectivity index (χ3v) is 2.80. The largest absolute Gasteiger partial charge is 0.494 e. The van der Waals surface area contributed by atoms with Crippen LogP contribution in [-0.2, 0) is 4.79 Å². The maximum atomic E-state index is 10.3. The van der Waals surface area contributed by atoms with Crippen molar-refractivity contribution in [2.24, 2.45) is 0 Å². The number of ether oxygens (including phenoxy) is 1. The third-order valence-electron chi connectivity index (χ3n) is 2.80. The minimum Gasteiger partial charge on any atom is -0.494 e. The Morgan fingerprint density at radius 2 is 1.56 bits per heavy atom. The lowest BCUT2D eigenvalue weighted by atomic mass is 10.1. The average molecular weight is 250 g/mol. The van der Waals surface area contributed by atoms with Crippen LogP contribution < -0.4 is 4.74 Å². The molecule has 0 aliphatic carbocycles. The lowest BCUT2D eigenvalue weighted by Crippen LogP contribution is -1.97. The zero-order chi connectivity index (χ0) is 13.1. The van der Waals surface area contributed by atoms with E-state index in [9.17, 15) is 4.79 Å². The molecule has 1 aromatic carbocycles. The van der Waals surface area contributed by atoms with Crippen LogP contribution in [0, 0.1) is 0 Å². The Morgan fingerprint density at radius 1 is 0.944 bits per heavy atom. The molecule has 0 saturated heterocycles.